The van der Waals surface area contributed by atoms with Gasteiger partial charge in [0.2, 0.25) is 0 Å². The summed E-state index contributed by atoms with van der Waals surface area (Å²) in [5.74, 6) is 0. The topological polar surface area (TPSA) is 31.9 Å². The summed E-state index contributed by atoms with van der Waals surface area (Å²) in [7, 11) is 2.18. The number of rotatable bonds is 7. The van der Waals surface area contributed by atoms with Crippen LogP contribution in [0, 0.1) is 0 Å². The summed E-state index contributed by atoms with van der Waals surface area (Å²) >= 11 is 0. The summed E-state index contributed by atoms with van der Waals surface area (Å²) in [6.07, 6.45) is 4.41. The van der Waals surface area contributed by atoms with Crippen LogP contribution in [0.5, 0.6) is 0 Å². The summed E-state index contributed by atoms with van der Waals surface area (Å²) in [4.78, 5) is 2.36. The van der Waals surface area contributed by atoms with Gasteiger partial charge in [0.05, 0.1) is 11.9 Å². The lowest BCUT2D eigenvalue weighted by atomic mass is 9.96. The molecule has 1 heterocycles. The molecule has 1 aromatic heterocycles. The maximum absolute atomic E-state index is 4.31. The monoisotopic (exact) mass is 319 g/mol. The predicted octanol–water partition coefficient (Wildman–Crippen LogP) is 4.98. The van der Waals surface area contributed by atoms with Crippen LogP contribution in [0.2, 0.25) is 0 Å². The third-order valence-corrected chi connectivity index (χ3v) is 4.33. The Hall–Kier alpha value is -2.39. The molecule has 3 rings (SSSR count). The van der Waals surface area contributed by atoms with E-state index in [0.717, 1.165) is 18.8 Å². The normalized spacial score (nSPS) is 11.1. The highest BCUT2D eigenvalue weighted by atomic mass is 15.1. The van der Waals surface area contributed by atoms with Crippen LogP contribution in [0.15, 0.2) is 60.8 Å². The zero-order valence-electron chi connectivity index (χ0n) is 14.5. The lowest BCUT2D eigenvalue weighted by Crippen LogP contribution is -2.19. The van der Waals surface area contributed by atoms with E-state index in [1.54, 1.807) is 0 Å². The molecular weight excluding hydrogens is 294 g/mol. The number of nitrogens with one attached hydrogen (secondary N) is 1. The average molecular weight is 319 g/mol. The highest BCUT2D eigenvalue weighted by molar-refractivity contribution is 5.82. The van der Waals surface area contributed by atoms with Crippen LogP contribution in [0.25, 0.3) is 22.4 Å². The molecule has 3 aromatic rings. The fourth-order valence-electron chi connectivity index (χ4n) is 3.03. The van der Waals surface area contributed by atoms with Gasteiger partial charge >= 0.3 is 0 Å². The van der Waals surface area contributed by atoms with Crippen molar-refractivity contribution in [3.63, 3.8) is 0 Å². The minimum Gasteiger partial charge on any atom is -0.302 e. The highest BCUT2D eigenvalue weighted by Gasteiger charge is 2.13. The van der Waals surface area contributed by atoms with Crippen LogP contribution in [0.1, 0.15) is 25.3 Å². The first-order valence-electron chi connectivity index (χ1n) is 8.65. The average Bonchev–Trinajstić information content (AvgIpc) is 3.08. The molecule has 0 spiro atoms. The van der Waals surface area contributed by atoms with Gasteiger partial charge in [-0.1, -0.05) is 67.9 Å². The minimum atomic E-state index is 0.912. The fraction of sp³-hybridized carbons (Fsp3) is 0.286. The first-order valence-corrected chi connectivity index (χ1v) is 8.65. The van der Waals surface area contributed by atoms with Crippen molar-refractivity contribution in [2.45, 2.75) is 26.3 Å². The van der Waals surface area contributed by atoms with Crippen molar-refractivity contribution in [1.82, 2.24) is 15.1 Å². The number of aromatic nitrogens is 2. The van der Waals surface area contributed by atoms with Gasteiger partial charge in [0.15, 0.2) is 0 Å². The quantitative estimate of drug-likeness (QED) is 0.666. The Morgan fingerprint density at radius 2 is 1.67 bits per heavy atom. The molecule has 0 fully saturated rings. The largest absolute Gasteiger partial charge is 0.302 e. The lowest BCUT2D eigenvalue weighted by molar-refractivity contribution is 0.321. The Bertz CT molecular complexity index is 762. The number of aromatic amines is 1. The second-order valence-corrected chi connectivity index (χ2v) is 6.27. The van der Waals surface area contributed by atoms with Gasteiger partial charge in [-0.15, -0.1) is 0 Å². The maximum atomic E-state index is 4.31. The van der Waals surface area contributed by atoms with Crippen molar-refractivity contribution in [2.24, 2.45) is 0 Å². The summed E-state index contributed by atoms with van der Waals surface area (Å²) in [6.45, 7) is 4.25. The van der Waals surface area contributed by atoms with E-state index in [0.29, 0.717) is 0 Å². The van der Waals surface area contributed by atoms with Crippen molar-refractivity contribution < 1.29 is 0 Å². The van der Waals surface area contributed by atoms with E-state index >= 15 is 0 Å². The van der Waals surface area contributed by atoms with Crippen LogP contribution in [0.4, 0.5) is 0 Å². The van der Waals surface area contributed by atoms with Gasteiger partial charge in [-0.25, -0.2) is 0 Å². The number of unbranched alkanes of at least 4 members (excludes halogenated alkanes) is 1. The molecule has 0 amide bonds. The Morgan fingerprint density at radius 3 is 2.42 bits per heavy atom. The van der Waals surface area contributed by atoms with Gasteiger partial charge in [-0.2, -0.15) is 5.10 Å². The number of nitrogens with zero attached hydrogens (tertiary/aromatic N) is 2. The van der Waals surface area contributed by atoms with E-state index in [2.05, 4.69) is 83.7 Å². The molecule has 124 valence electrons. The molecule has 1 N–H and O–H groups in total. The Labute approximate surface area is 144 Å². The summed E-state index contributed by atoms with van der Waals surface area (Å²) in [6, 6.07) is 19.1. The Morgan fingerprint density at radius 1 is 0.958 bits per heavy atom. The smallest absolute Gasteiger partial charge is 0.0701 e. The number of benzene rings is 2. The SMILES string of the molecule is CCCCN(C)Cc1cn[nH]c1-c1ccccc1-c1ccccc1. The van der Waals surface area contributed by atoms with E-state index in [-0.39, 0.29) is 0 Å². The van der Waals surface area contributed by atoms with Gasteiger partial charge in [0, 0.05) is 17.7 Å². The molecule has 0 aliphatic heterocycles. The fourth-order valence-corrected chi connectivity index (χ4v) is 3.03. The molecule has 0 saturated heterocycles. The van der Waals surface area contributed by atoms with Crippen molar-refractivity contribution in [3.05, 3.63) is 66.4 Å². The number of hydrogen-bond acceptors (Lipinski definition) is 2. The van der Waals surface area contributed by atoms with Crippen LogP contribution in [0.3, 0.4) is 0 Å². The summed E-state index contributed by atoms with van der Waals surface area (Å²) < 4.78 is 0. The molecule has 0 saturated carbocycles. The molecular formula is C21H25N3. The summed E-state index contributed by atoms with van der Waals surface area (Å²) in [5.41, 5.74) is 6.04. The maximum Gasteiger partial charge on any atom is 0.0701 e. The van der Waals surface area contributed by atoms with Crippen molar-refractivity contribution in [1.29, 1.82) is 0 Å². The zero-order valence-corrected chi connectivity index (χ0v) is 14.5. The van der Waals surface area contributed by atoms with Gasteiger partial charge < -0.3 is 4.90 Å². The minimum absolute atomic E-state index is 0.912. The first kappa shape index (κ1) is 16.5. The Kier molecular flexibility index (Phi) is 5.44. The zero-order chi connectivity index (χ0) is 16.8. The highest BCUT2D eigenvalue weighted by Crippen LogP contribution is 2.32. The van der Waals surface area contributed by atoms with E-state index in [1.165, 1.54) is 35.1 Å². The third kappa shape index (κ3) is 3.74. The van der Waals surface area contributed by atoms with Crippen LogP contribution in [-0.4, -0.2) is 28.7 Å². The van der Waals surface area contributed by atoms with E-state index < -0.39 is 0 Å². The van der Waals surface area contributed by atoms with Gasteiger partial charge in [-0.3, -0.25) is 5.10 Å². The Balaban J connectivity index is 1.93. The molecule has 0 atom stereocenters. The van der Waals surface area contributed by atoms with E-state index in [9.17, 15) is 0 Å². The predicted molar refractivity (Wildman–Crippen MR) is 101 cm³/mol. The number of hydrogen-bond donors (Lipinski definition) is 1. The second-order valence-electron chi connectivity index (χ2n) is 6.27. The van der Waals surface area contributed by atoms with Crippen molar-refractivity contribution in [3.8, 4) is 22.4 Å². The van der Waals surface area contributed by atoms with E-state index in [1.807, 2.05) is 6.20 Å². The van der Waals surface area contributed by atoms with Crippen LogP contribution in [-0.2, 0) is 6.54 Å². The standard InChI is InChI=1S/C21H25N3/c1-3-4-14-24(2)16-18-15-22-23-21(18)20-13-9-8-12-19(20)17-10-6-5-7-11-17/h5-13,15H,3-4,14,16H2,1-2H3,(H,22,23). The van der Waals surface area contributed by atoms with Crippen molar-refractivity contribution in [2.75, 3.05) is 13.6 Å². The third-order valence-electron chi connectivity index (χ3n) is 4.33. The lowest BCUT2D eigenvalue weighted by Gasteiger charge is -2.17. The first-order chi connectivity index (χ1) is 11.8. The molecule has 3 nitrogen and oxygen atoms in total. The second kappa shape index (κ2) is 7.93. The molecule has 24 heavy (non-hydrogen) atoms. The molecule has 0 aliphatic rings. The summed E-state index contributed by atoms with van der Waals surface area (Å²) in [5, 5.41) is 7.53. The molecule has 0 aliphatic carbocycles. The van der Waals surface area contributed by atoms with Crippen molar-refractivity contribution >= 4 is 0 Å². The van der Waals surface area contributed by atoms with Gasteiger partial charge in [-0.05, 0) is 31.1 Å². The van der Waals surface area contributed by atoms with Crippen LogP contribution < -0.4 is 0 Å². The molecule has 0 bridgehead atoms. The number of H-pyrrole nitrogens is 1. The van der Waals surface area contributed by atoms with Gasteiger partial charge in [0.1, 0.15) is 0 Å². The van der Waals surface area contributed by atoms with E-state index in [4.69, 9.17) is 0 Å². The molecule has 3 heteroatoms. The molecule has 0 radical (unpaired) electrons. The molecule has 2 aromatic carbocycles. The molecule has 0 unspecified atom stereocenters. The van der Waals surface area contributed by atoms with Crippen LogP contribution >= 0.6 is 0 Å². The van der Waals surface area contributed by atoms with Gasteiger partial charge in [0.25, 0.3) is 0 Å².